The Morgan fingerprint density at radius 3 is 2.30 bits per heavy atom. The number of ketones is 1. The van der Waals surface area contributed by atoms with Gasteiger partial charge in [0.05, 0.1) is 28.1 Å². The molecule has 1 atom stereocenters. The fraction of sp³-hybridized carbons (Fsp3) is 0.345. The molecule has 0 saturated heterocycles. The number of carboxylic acid groups (broad SMARTS) is 1. The summed E-state index contributed by atoms with van der Waals surface area (Å²) in [6, 6.07) is 18.5. The first kappa shape index (κ1) is 27.0. The molecule has 1 heterocycles. The van der Waals surface area contributed by atoms with Crippen LogP contribution in [0.1, 0.15) is 48.0 Å². The maximum Gasteiger partial charge on any atom is 0.307 e. The second kappa shape index (κ2) is 12.9. The van der Waals surface area contributed by atoms with E-state index in [-0.39, 0.29) is 34.2 Å². The number of halogens is 2. The first-order chi connectivity index (χ1) is 17.9. The molecule has 1 aliphatic carbocycles. The van der Waals surface area contributed by atoms with Gasteiger partial charge in [0, 0.05) is 18.7 Å². The quantitative estimate of drug-likeness (QED) is 0.255. The predicted octanol–water partition coefficient (Wildman–Crippen LogP) is 6.95. The van der Waals surface area contributed by atoms with Gasteiger partial charge in [-0.3, -0.25) is 9.59 Å². The summed E-state index contributed by atoms with van der Waals surface area (Å²) in [6.45, 7) is 0.653. The van der Waals surface area contributed by atoms with Crippen molar-refractivity contribution in [1.29, 1.82) is 0 Å². The van der Waals surface area contributed by atoms with E-state index in [0.717, 1.165) is 42.8 Å². The molecule has 0 radical (unpaired) electrons. The highest BCUT2D eigenvalue weighted by Gasteiger charge is 2.25. The van der Waals surface area contributed by atoms with Crippen molar-refractivity contribution in [2.75, 3.05) is 11.9 Å². The molecule has 0 unspecified atom stereocenters. The van der Waals surface area contributed by atoms with Crippen LogP contribution in [-0.4, -0.2) is 34.5 Å². The fourth-order valence-corrected chi connectivity index (χ4v) is 5.30. The molecule has 1 fully saturated rings. The molecule has 37 heavy (non-hydrogen) atoms. The van der Waals surface area contributed by atoms with Crippen molar-refractivity contribution in [2.45, 2.75) is 44.6 Å². The summed E-state index contributed by atoms with van der Waals surface area (Å²) in [5, 5.41) is 13.7. The fourth-order valence-electron chi connectivity index (χ4n) is 4.69. The standard InChI is InChI=1S/C29H30Cl2N2O4/c30-24-4-3-5-25(31)28(24)26(34)17-21(29(35)36)16-19-9-13-23(14-10-19)37-18-20-7-11-22(12-8-20)33-27-6-1-2-15-32-27/h1-6,9-10,13-15,20-22H,7-8,11-12,16-18H2,(H,32,33)(H,35,36)/t20?,21-,22?/m1/s1. The van der Waals surface area contributed by atoms with E-state index in [0.29, 0.717) is 18.6 Å². The van der Waals surface area contributed by atoms with Crippen LogP contribution in [0.15, 0.2) is 66.9 Å². The second-order valence-corrected chi connectivity index (χ2v) is 10.3. The average molecular weight is 541 g/mol. The molecule has 6 nitrogen and oxygen atoms in total. The van der Waals surface area contributed by atoms with Crippen LogP contribution in [0.5, 0.6) is 5.75 Å². The van der Waals surface area contributed by atoms with Crippen LogP contribution in [0.2, 0.25) is 10.0 Å². The molecule has 3 aromatic rings. The van der Waals surface area contributed by atoms with E-state index in [1.165, 1.54) is 0 Å². The summed E-state index contributed by atoms with van der Waals surface area (Å²) in [4.78, 5) is 28.9. The number of hydrogen-bond acceptors (Lipinski definition) is 5. The minimum absolute atomic E-state index is 0.169. The van der Waals surface area contributed by atoms with Gasteiger partial charge in [-0.25, -0.2) is 4.98 Å². The number of benzene rings is 2. The van der Waals surface area contributed by atoms with E-state index in [4.69, 9.17) is 27.9 Å². The summed E-state index contributed by atoms with van der Waals surface area (Å²) in [7, 11) is 0. The molecular formula is C29H30Cl2N2O4. The number of nitrogens with zero attached hydrogens (tertiary/aromatic N) is 1. The molecule has 1 aliphatic rings. The minimum Gasteiger partial charge on any atom is -0.493 e. The van der Waals surface area contributed by atoms with Gasteiger partial charge in [0.2, 0.25) is 0 Å². The lowest BCUT2D eigenvalue weighted by Crippen LogP contribution is -2.28. The number of carbonyl (C=O) groups excluding carboxylic acids is 1. The van der Waals surface area contributed by atoms with Crippen molar-refractivity contribution in [1.82, 2.24) is 4.98 Å². The molecule has 1 aromatic heterocycles. The number of aromatic nitrogens is 1. The lowest BCUT2D eigenvalue weighted by atomic mass is 9.86. The van der Waals surface area contributed by atoms with Crippen LogP contribution < -0.4 is 10.1 Å². The Bertz CT molecular complexity index is 1180. The van der Waals surface area contributed by atoms with Gasteiger partial charge < -0.3 is 15.2 Å². The monoisotopic (exact) mass is 540 g/mol. The molecule has 8 heteroatoms. The molecule has 2 N–H and O–H groups in total. The molecule has 0 aliphatic heterocycles. The molecule has 4 rings (SSSR count). The Morgan fingerprint density at radius 2 is 1.68 bits per heavy atom. The third-order valence-electron chi connectivity index (χ3n) is 6.78. The van der Waals surface area contributed by atoms with E-state index in [1.54, 1.807) is 24.4 Å². The van der Waals surface area contributed by atoms with Crippen LogP contribution >= 0.6 is 23.2 Å². The van der Waals surface area contributed by atoms with Crippen molar-refractivity contribution in [3.05, 3.63) is 88.0 Å². The number of pyridine rings is 1. The Labute approximate surface area is 227 Å². The van der Waals surface area contributed by atoms with E-state index >= 15 is 0 Å². The molecular weight excluding hydrogens is 511 g/mol. The lowest BCUT2D eigenvalue weighted by Gasteiger charge is -2.29. The normalized spacial score (nSPS) is 18.1. The number of aliphatic carboxylic acids is 1. The number of anilines is 1. The van der Waals surface area contributed by atoms with E-state index in [1.807, 2.05) is 42.5 Å². The first-order valence-corrected chi connectivity index (χ1v) is 13.2. The maximum absolute atomic E-state index is 12.7. The van der Waals surface area contributed by atoms with Crippen LogP contribution in [0.3, 0.4) is 0 Å². The average Bonchev–Trinajstić information content (AvgIpc) is 2.89. The predicted molar refractivity (Wildman–Crippen MR) is 146 cm³/mol. The number of Topliss-reactive ketones (excluding diaryl/α,β-unsaturated/α-hetero) is 1. The van der Waals surface area contributed by atoms with Crippen molar-refractivity contribution in [3.8, 4) is 5.75 Å². The highest BCUT2D eigenvalue weighted by molar-refractivity contribution is 6.39. The lowest BCUT2D eigenvalue weighted by molar-refractivity contribution is -0.141. The van der Waals surface area contributed by atoms with E-state index in [9.17, 15) is 14.7 Å². The minimum atomic E-state index is -1.04. The topological polar surface area (TPSA) is 88.5 Å². The molecule has 1 saturated carbocycles. The Morgan fingerprint density at radius 1 is 0.973 bits per heavy atom. The zero-order valence-corrected chi connectivity index (χ0v) is 21.9. The summed E-state index contributed by atoms with van der Waals surface area (Å²) in [6.07, 6.45) is 6.17. The summed E-state index contributed by atoms with van der Waals surface area (Å²) in [5.74, 6) is -0.132. The first-order valence-electron chi connectivity index (χ1n) is 12.5. The number of carboxylic acids is 1. The number of ether oxygens (including phenoxy) is 1. The zero-order chi connectivity index (χ0) is 26.2. The van der Waals surface area contributed by atoms with Crippen molar-refractivity contribution in [3.63, 3.8) is 0 Å². The summed E-state index contributed by atoms with van der Waals surface area (Å²) < 4.78 is 6.02. The molecule has 0 bridgehead atoms. The Kier molecular flexibility index (Phi) is 9.42. The van der Waals surface area contributed by atoms with E-state index < -0.39 is 11.9 Å². The van der Waals surface area contributed by atoms with Gasteiger partial charge in [-0.1, -0.05) is 47.5 Å². The molecule has 0 amide bonds. The van der Waals surface area contributed by atoms with Crippen LogP contribution in [0.25, 0.3) is 0 Å². The largest absolute Gasteiger partial charge is 0.493 e. The van der Waals surface area contributed by atoms with Crippen LogP contribution in [0.4, 0.5) is 5.82 Å². The molecule has 2 aromatic carbocycles. The Balaban J connectivity index is 1.25. The third kappa shape index (κ3) is 7.70. The van der Waals surface area contributed by atoms with E-state index in [2.05, 4.69) is 10.3 Å². The van der Waals surface area contributed by atoms with Crippen molar-refractivity contribution >= 4 is 40.8 Å². The van der Waals surface area contributed by atoms with Gasteiger partial charge in [-0.05, 0) is 80.0 Å². The Hall–Kier alpha value is -3.09. The maximum atomic E-state index is 12.7. The van der Waals surface area contributed by atoms with Crippen LogP contribution in [0, 0.1) is 11.8 Å². The second-order valence-electron chi connectivity index (χ2n) is 9.50. The third-order valence-corrected chi connectivity index (χ3v) is 7.41. The van der Waals surface area contributed by atoms with Crippen LogP contribution in [-0.2, 0) is 11.2 Å². The van der Waals surface area contributed by atoms with Crippen molar-refractivity contribution in [2.24, 2.45) is 11.8 Å². The van der Waals surface area contributed by atoms with Crippen molar-refractivity contribution < 1.29 is 19.4 Å². The summed E-state index contributed by atoms with van der Waals surface area (Å²) >= 11 is 12.2. The van der Waals surface area contributed by atoms with Gasteiger partial charge in [0.1, 0.15) is 11.6 Å². The van der Waals surface area contributed by atoms with Gasteiger partial charge in [-0.15, -0.1) is 0 Å². The SMILES string of the molecule is O=C(C[C@@H](Cc1ccc(OCC2CCC(Nc3ccccn3)CC2)cc1)C(=O)O)c1c(Cl)cccc1Cl. The number of hydrogen-bond donors (Lipinski definition) is 2. The van der Waals surface area contributed by atoms with Gasteiger partial charge in [0.25, 0.3) is 0 Å². The van der Waals surface area contributed by atoms with Gasteiger partial charge >= 0.3 is 5.97 Å². The van der Waals surface area contributed by atoms with Gasteiger partial charge in [0.15, 0.2) is 5.78 Å². The highest BCUT2D eigenvalue weighted by Crippen LogP contribution is 2.29. The number of nitrogens with one attached hydrogen (secondary N) is 1. The molecule has 0 spiro atoms. The van der Waals surface area contributed by atoms with Gasteiger partial charge in [-0.2, -0.15) is 0 Å². The molecule has 194 valence electrons. The smallest absolute Gasteiger partial charge is 0.307 e. The number of rotatable bonds is 11. The number of carbonyl (C=O) groups is 2. The summed E-state index contributed by atoms with van der Waals surface area (Å²) in [5.41, 5.74) is 0.987. The zero-order valence-electron chi connectivity index (χ0n) is 20.4. The highest BCUT2D eigenvalue weighted by atomic mass is 35.5.